The fourth-order valence-corrected chi connectivity index (χ4v) is 12.4. The second-order valence-corrected chi connectivity index (χ2v) is 25.7. The summed E-state index contributed by atoms with van der Waals surface area (Å²) in [5, 5.41) is 1.24. The number of aryl methyl sites for hydroxylation is 1. The Morgan fingerprint density at radius 3 is 1.60 bits per heavy atom. The summed E-state index contributed by atoms with van der Waals surface area (Å²) in [7, 11) is 0. The summed E-state index contributed by atoms with van der Waals surface area (Å²) < 4.78 is 7.52. The van der Waals surface area contributed by atoms with Crippen LogP contribution in [0.5, 0.6) is 0 Å². The summed E-state index contributed by atoms with van der Waals surface area (Å²) in [6.45, 7) is 35.8. The van der Waals surface area contributed by atoms with Crippen LogP contribution in [0, 0.1) is 6.92 Å². The molecular weight excluding hydrogens is 812 g/mol. The van der Waals surface area contributed by atoms with Crippen LogP contribution in [0.25, 0.3) is 22.1 Å². The molecule has 0 unspecified atom stereocenters. The van der Waals surface area contributed by atoms with Crippen LogP contribution in [0.2, 0.25) is 0 Å². The topological polar surface area (TPSA) is 19.6 Å². The van der Waals surface area contributed by atoms with Crippen molar-refractivity contribution in [3.63, 3.8) is 0 Å². The summed E-state index contributed by atoms with van der Waals surface area (Å²) in [6.07, 6.45) is 4.63. The minimum atomic E-state index is -0.0591. The minimum Gasteiger partial charge on any atom is -0.440 e. The number of furan rings is 1. The lowest BCUT2D eigenvalue weighted by Gasteiger charge is -2.47. The molecule has 0 amide bonds. The van der Waals surface area contributed by atoms with Gasteiger partial charge in [-0.25, -0.2) is 0 Å². The van der Waals surface area contributed by atoms with Gasteiger partial charge in [0.1, 0.15) is 5.58 Å². The van der Waals surface area contributed by atoms with Gasteiger partial charge in [-0.1, -0.05) is 152 Å². The Bertz CT molecular complexity index is 3160. The van der Waals surface area contributed by atoms with Crippen LogP contribution >= 0.6 is 0 Å². The summed E-state index contributed by atoms with van der Waals surface area (Å²) in [5.41, 5.74) is 23.4. The van der Waals surface area contributed by atoms with Gasteiger partial charge in [-0.15, -0.1) is 0 Å². The number of nitrogens with zero attached hydrogens (tertiary/aromatic N) is 2. The molecule has 0 atom stereocenters. The Morgan fingerprint density at radius 2 is 1.01 bits per heavy atom. The van der Waals surface area contributed by atoms with E-state index in [9.17, 15) is 0 Å². The smallest absolute Gasteiger partial charge is 0.257 e. The van der Waals surface area contributed by atoms with E-state index in [1.807, 2.05) is 0 Å². The van der Waals surface area contributed by atoms with Gasteiger partial charge in [-0.3, -0.25) is 4.90 Å². The first-order chi connectivity index (χ1) is 31.4. The van der Waals surface area contributed by atoms with Crippen LogP contribution in [-0.4, -0.2) is 6.71 Å². The van der Waals surface area contributed by atoms with Gasteiger partial charge in [-0.2, -0.15) is 0 Å². The van der Waals surface area contributed by atoms with E-state index in [2.05, 4.69) is 223 Å². The Morgan fingerprint density at radius 1 is 0.493 bits per heavy atom. The largest absolute Gasteiger partial charge is 0.440 e. The first kappa shape index (κ1) is 44.1. The van der Waals surface area contributed by atoms with Crippen molar-refractivity contribution < 1.29 is 4.42 Å². The van der Waals surface area contributed by atoms with Crippen molar-refractivity contribution in [1.82, 2.24) is 0 Å². The molecule has 0 N–H and O–H groups in total. The molecule has 2 aliphatic heterocycles. The van der Waals surface area contributed by atoms with Crippen LogP contribution in [0.15, 0.2) is 114 Å². The van der Waals surface area contributed by atoms with Crippen molar-refractivity contribution in [3.8, 4) is 11.1 Å². The molecule has 2 aliphatic carbocycles. The SMILES string of the molecule is Cc1cc2c3c(c1)N(c1ccc(C(C)(C)C)cc1)c1oc4cc5c(cc4c1B3c1cc3c(cc1N2c1ccc(C(C)(C)C)cc1-c1ccccc1)C(C)(C)CCC3(C)C)C(C)(C)CCC5(C)C. The third-order valence-corrected chi connectivity index (χ3v) is 17.0. The van der Waals surface area contributed by atoms with Crippen molar-refractivity contribution in [2.24, 2.45) is 0 Å². The Labute approximate surface area is 402 Å². The Balaban J connectivity index is 1.30. The monoisotopic (exact) mass is 883 g/mol. The number of hydrogen-bond acceptors (Lipinski definition) is 3. The maximum absolute atomic E-state index is 7.52. The lowest BCUT2D eigenvalue weighted by Crippen LogP contribution is -2.61. The summed E-state index contributed by atoms with van der Waals surface area (Å²) in [5.74, 6) is 0.946. The van der Waals surface area contributed by atoms with Gasteiger partial charge in [0.25, 0.3) is 6.71 Å². The molecule has 7 aromatic rings. The van der Waals surface area contributed by atoms with Crippen LogP contribution in [-0.2, 0) is 32.5 Å². The fraction of sp³-hybridized carbons (Fsp3) is 0.397. The third kappa shape index (κ3) is 6.73. The van der Waals surface area contributed by atoms with Gasteiger partial charge in [0.2, 0.25) is 5.88 Å². The quantitative estimate of drug-likeness (QED) is 0.165. The summed E-state index contributed by atoms with van der Waals surface area (Å²) in [6, 6.07) is 43.0. The molecule has 1 aromatic heterocycles. The molecule has 0 saturated heterocycles. The normalized spacial score (nSPS) is 18.5. The standard InChI is InChI=1S/C63H71BN2O/c1-38-31-52-56-53(32-38)66(50-26-23-41(59(5,6)7)33-43(50)39-19-17-16-18-20-39)51-36-47-46(61(10,11)28-29-62(47,12)13)35-49(51)64(56)55-44-34-45-48(63(14,15)30-27-60(45,8)9)37-54(44)67-57(55)65(52)42-24-21-40(22-25-42)58(2,3)4/h16-26,31-37H,27-30H2,1-15H3. The summed E-state index contributed by atoms with van der Waals surface area (Å²) >= 11 is 0. The van der Waals surface area contributed by atoms with Crippen LogP contribution in [0.4, 0.5) is 34.3 Å². The van der Waals surface area contributed by atoms with E-state index in [1.54, 1.807) is 0 Å². The summed E-state index contributed by atoms with van der Waals surface area (Å²) in [4.78, 5) is 5.15. The highest BCUT2D eigenvalue weighted by Crippen LogP contribution is 2.54. The molecule has 0 fully saturated rings. The van der Waals surface area contributed by atoms with E-state index in [4.69, 9.17) is 4.42 Å². The molecule has 4 aliphatic rings. The molecule has 0 bridgehead atoms. The number of benzene rings is 6. The molecule has 6 aromatic carbocycles. The second kappa shape index (κ2) is 14.3. The molecule has 0 radical (unpaired) electrons. The average Bonchev–Trinajstić information content (AvgIpc) is 3.64. The lowest BCUT2D eigenvalue weighted by atomic mass is 9.33. The first-order valence-corrected chi connectivity index (χ1v) is 25.2. The maximum atomic E-state index is 7.52. The van der Waals surface area contributed by atoms with Gasteiger partial charge in [0.15, 0.2) is 0 Å². The van der Waals surface area contributed by atoms with Crippen LogP contribution in [0.3, 0.4) is 0 Å². The number of anilines is 6. The van der Waals surface area contributed by atoms with E-state index >= 15 is 0 Å². The first-order valence-electron chi connectivity index (χ1n) is 25.2. The average molecular weight is 883 g/mol. The fourth-order valence-electron chi connectivity index (χ4n) is 12.4. The van der Waals surface area contributed by atoms with E-state index in [-0.39, 0.29) is 39.2 Å². The number of rotatable bonds is 3. The maximum Gasteiger partial charge on any atom is 0.257 e. The molecule has 0 spiro atoms. The van der Waals surface area contributed by atoms with Crippen molar-refractivity contribution >= 4 is 68.4 Å². The highest BCUT2D eigenvalue weighted by atomic mass is 16.4. The van der Waals surface area contributed by atoms with Gasteiger partial charge in [-0.05, 0) is 175 Å². The molecular formula is C63H71BN2O. The van der Waals surface area contributed by atoms with Gasteiger partial charge in [0, 0.05) is 39.2 Å². The van der Waals surface area contributed by atoms with Crippen molar-refractivity contribution in [2.45, 2.75) is 162 Å². The zero-order valence-electron chi connectivity index (χ0n) is 43.1. The van der Waals surface area contributed by atoms with E-state index < -0.39 is 0 Å². The minimum absolute atomic E-state index is 0.0190. The highest BCUT2D eigenvalue weighted by Gasteiger charge is 2.50. The molecule has 0 saturated carbocycles. The predicted octanol–water partition coefficient (Wildman–Crippen LogP) is 15.8. The highest BCUT2D eigenvalue weighted by molar-refractivity contribution is 7.01. The zero-order valence-corrected chi connectivity index (χ0v) is 43.1. The number of fused-ring (bicyclic) bond motifs is 8. The van der Waals surface area contributed by atoms with E-state index in [1.165, 1.54) is 94.6 Å². The third-order valence-electron chi connectivity index (χ3n) is 17.0. The van der Waals surface area contributed by atoms with Crippen molar-refractivity contribution in [1.29, 1.82) is 0 Å². The van der Waals surface area contributed by atoms with Gasteiger partial charge in [0.05, 0.1) is 5.69 Å². The lowest BCUT2D eigenvalue weighted by molar-refractivity contribution is 0.332. The molecule has 342 valence electrons. The molecule has 4 heteroatoms. The predicted molar refractivity (Wildman–Crippen MR) is 288 cm³/mol. The van der Waals surface area contributed by atoms with E-state index in [0.29, 0.717) is 0 Å². The Hall–Kier alpha value is -5.48. The molecule has 67 heavy (non-hydrogen) atoms. The van der Waals surface area contributed by atoms with Crippen molar-refractivity contribution in [3.05, 3.63) is 148 Å². The van der Waals surface area contributed by atoms with Crippen LogP contribution < -0.4 is 26.2 Å². The molecule has 11 rings (SSSR count). The number of hydrogen-bond donors (Lipinski definition) is 0. The molecule has 3 heterocycles. The van der Waals surface area contributed by atoms with Gasteiger partial charge < -0.3 is 9.32 Å². The second-order valence-electron chi connectivity index (χ2n) is 25.7. The van der Waals surface area contributed by atoms with E-state index in [0.717, 1.165) is 42.8 Å². The van der Waals surface area contributed by atoms with Crippen molar-refractivity contribution in [2.75, 3.05) is 9.80 Å². The van der Waals surface area contributed by atoms with Gasteiger partial charge >= 0.3 is 0 Å². The zero-order chi connectivity index (χ0) is 47.5. The van der Waals surface area contributed by atoms with Crippen LogP contribution in [0.1, 0.15) is 162 Å². The Kier molecular flexibility index (Phi) is 9.39. The molecule has 3 nitrogen and oxygen atoms in total.